The Hall–Kier alpha value is -1.10. The van der Waals surface area contributed by atoms with E-state index in [0.717, 1.165) is 32.2 Å². The molecule has 0 aromatic heterocycles. The number of amides is 1. The highest BCUT2D eigenvalue weighted by Crippen LogP contribution is 2.30. The number of hydrogen-bond acceptors (Lipinski definition) is 4. The predicted molar refractivity (Wildman–Crippen MR) is 66.9 cm³/mol. The van der Waals surface area contributed by atoms with Gasteiger partial charge in [0.15, 0.2) is 0 Å². The van der Waals surface area contributed by atoms with E-state index >= 15 is 0 Å². The number of methoxy groups -OCH3 is 1. The number of carbonyl (C=O) groups excluding carboxylic acids is 2. The molecule has 0 aliphatic carbocycles. The lowest BCUT2D eigenvalue weighted by Gasteiger charge is -2.30. The Morgan fingerprint density at radius 2 is 2.17 bits per heavy atom. The molecule has 2 aliphatic heterocycles. The molecular formula is C13H22N2O3. The van der Waals surface area contributed by atoms with Crippen LogP contribution in [0.25, 0.3) is 0 Å². The molecular weight excluding hydrogens is 232 g/mol. The maximum atomic E-state index is 12.4. The Morgan fingerprint density at radius 1 is 1.39 bits per heavy atom. The van der Waals surface area contributed by atoms with E-state index in [-0.39, 0.29) is 29.9 Å². The summed E-state index contributed by atoms with van der Waals surface area (Å²) in [6.07, 6.45) is 3.68. The van der Waals surface area contributed by atoms with Crippen LogP contribution in [-0.2, 0) is 14.3 Å². The SMILES string of the molecule is COC(=O)[C@@H]1CC[C@@H]2CCCNC[C@H](C)C(=O)N21. The van der Waals surface area contributed by atoms with E-state index < -0.39 is 0 Å². The zero-order valence-electron chi connectivity index (χ0n) is 11.1. The van der Waals surface area contributed by atoms with Crippen LogP contribution in [-0.4, -0.2) is 49.1 Å². The van der Waals surface area contributed by atoms with Gasteiger partial charge in [-0.1, -0.05) is 6.92 Å². The number of nitrogens with zero attached hydrogens (tertiary/aromatic N) is 1. The number of fused-ring (bicyclic) bond motifs is 1. The number of nitrogens with one attached hydrogen (secondary N) is 1. The van der Waals surface area contributed by atoms with Gasteiger partial charge in [-0.2, -0.15) is 0 Å². The van der Waals surface area contributed by atoms with Crippen LogP contribution in [0.1, 0.15) is 32.6 Å². The van der Waals surface area contributed by atoms with Gasteiger partial charge in [0.2, 0.25) is 5.91 Å². The number of esters is 1. The minimum Gasteiger partial charge on any atom is -0.467 e. The molecule has 2 saturated heterocycles. The summed E-state index contributed by atoms with van der Waals surface area (Å²) in [4.78, 5) is 26.0. The molecule has 0 unspecified atom stereocenters. The van der Waals surface area contributed by atoms with Crippen LogP contribution in [0.3, 0.4) is 0 Å². The van der Waals surface area contributed by atoms with Gasteiger partial charge < -0.3 is 15.0 Å². The summed E-state index contributed by atoms with van der Waals surface area (Å²) in [6.45, 7) is 3.56. The number of carbonyl (C=O) groups is 2. The van der Waals surface area contributed by atoms with Crippen molar-refractivity contribution in [1.29, 1.82) is 0 Å². The summed E-state index contributed by atoms with van der Waals surface area (Å²) in [7, 11) is 1.39. The van der Waals surface area contributed by atoms with Crippen molar-refractivity contribution in [2.45, 2.75) is 44.7 Å². The quantitative estimate of drug-likeness (QED) is 0.694. The zero-order chi connectivity index (χ0) is 13.1. The summed E-state index contributed by atoms with van der Waals surface area (Å²) < 4.78 is 4.82. The largest absolute Gasteiger partial charge is 0.467 e. The Balaban J connectivity index is 2.19. The Morgan fingerprint density at radius 3 is 2.89 bits per heavy atom. The molecule has 18 heavy (non-hydrogen) atoms. The first kappa shape index (κ1) is 13.3. The average molecular weight is 254 g/mol. The predicted octanol–water partition coefficient (Wildman–Crippen LogP) is 0.539. The molecule has 0 bridgehead atoms. The molecule has 0 spiro atoms. The van der Waals surface area contributed by atoms with Gasteiger partial charge >= 0.3 is 5.97 Å². The van der Waals surface area contributed by atoms with Crippen LogP contribution in [0.2, 0.25) is 0 Å². The molecule has 0 saturated carbocycles. The summed E-state index contributed by atoms with van der Waals surface area (Å²) in [5, 5.41) is 3.29. The topological polar surface area (TPSA) is 58.6 Å². The van der Waals surface area contributed by atoms with E-state index in [4.69, 9.17) is 4.74 Å². The van der Waals surface area contributed by atoms with Crippen LogP contribution in [0, 0.1) is 5.92 Å². The van der Waals surface area contributed by atoms with Gasteiger partial charge in [-0.3, -0.25) is 4.79 Å². The average Bonchev–Trinajstić information content (AvgIpc) is 2.80. The fourth-order valence-electron chi connectivity index (χ4n) is 2.99. The summed E-state index contributed by atoms with van der Waals surface area (Å²) in [5.74, 6) is -0.261. The third-order valence-corrected chi connectivity index (χ3v) is 3.99. The fraction of sp³-hybridized carbons (Fsp3) is 0.846. The highest BCUT2D eigenvalue weighted by Gasteiger charge is 2.42. The van der Waals surface area contributed by atoms with Crippen LogP contribution in [0.5, 0.6) is 0 Å². The lowest BCUT2D eigenvalue weighted by atomic mass is 10.1. The Labute approximate surface area is 108 Å². The summed E-state index contributed by atoms with van der Waals surface area (Å²) in [6, 6.07) is -0.156. The molecule has 2 aliphatic rings. The van der Waals surface area contributed by atoms with Crippen molar-refractivity contribution in [3.05, 3.63) is 0 Å². The zero-order valence-corrected chi connectivity index (χ0v) is 11.1. The lowest BCUT2D eigenvalue weighted by Crippen LogP contribution is -2.48. The van der Waals surface area contributed by atoms with Gasteiger partial charge in [0.05, 0.1) is 7.11 Å². The minimum absolute atomic E-state index is 0.0733. The molecule has 2 heterocycles. The molecule has 0 radical (unpaired) electrons. The van der Waals surface area contributed by atoms with Crippen molar-refractivity contribution in [2.24, 2.45) is 5.92 Å². The maximum Gasteiger partial charge on any atom is 0.328 e. The van der Waals surface area contributed by atoms with Crippen LogP contribution in [0.15, 0.2) is 0 Å². The molecule has 102 valence electrons. The van der Waals surface area contributed by atoms with E-state index in [1.54, 1.807) is 4.90 Å². The van der Waals surface area contributed by atoms with Crippen molar-refractivity contribution in [3.63, 3.8) is 0 Å². The molecule has 2 rings (SSSR count). The molecule has 2 fully saturated rings. The first-order valence-electron chi connectivity index (χ1n) is 6.76. The normalized spacial score (nSPS) is 33.3. The highest BCUT2D eigenvalue weighted by molar-refractivity contribution is 5.86. The highest BCUT2D eigenvalue weighted by atomic mass is 16.5. The fourth-order valence-corrected chi connectivity index (χ4v) is 2.99. The first-order valence-corrected chi connectivity index (χ1v) is 6.76. The monoisotopic (exact) mass is 254 g/mol. The molecule has 0 aromatic rings. The minimum atomic E-state index is -0.368. The van der Waals surface area contributed by atoms with Gasteiger partial charge in [-0.15, -0.1) is 0 Å². The van der Waals surface area contributed by atoms with Crippen molar-refractivity contribution in [1.82, 2.24) is 10.2 Å². The standard InChI is InChI=1S/C13H22N2O3/c1-9-8-14-7-3-4-10-5-6-11(13(17)18-2)15(10)12(9)16/h9-11,14H,3-8H2,1-2H3/t9-,10-,11-/m0/s1. The number of ether oxygens (including phenoxy) is 1. The first-order chi connectivity index (χ1) is 8.65. The third kappa shape index (κ3) is 2.51. The molecule has 5 heteroatoms. The maximum absolute atomic E-state index is 12.4. The van der Waals surface area contributed by atoms with E-state index in [9.17, 15) is 9.59 Å². The number of rotatable bonds is 1. The third-order valence-electron chi connectivity index (χ3n) is 3.99. The van der Waals surface area contributed by atoms with E-state index in [2.05, 4.69) is 5.32 Å². The molecule has 0 aromatic carbocycles. The van der Waals surface area contributed by atoms with Gasteiger partial charge in [-0.25, -0.2) is 4.79 Å². The number of hydrogen-bond donors (Lipinski definition) is 1. The van der Waals surface area contributed by atoms with Gasteiger partial charge in [0.1, 0.15) is 6.04 Å². The molecule has 3 atom stereocenters. The molecule has 1 N–H and O–H groups in total. The lowest BCUT2D eigenvalue weighted by molar-refractivity contribution is -0.153. The Kier molecular flexibility index (Phi) is 4.22. The van der Waals surface area contributed by atoms with Crippen molar-refractivity contribution < 1.29 is 14.3 Å². The van der Waals surface area contributed by atoms with Crippen LogP contribution >= 0.6 is 0 Å². The smallest absolute Gasteiger partial charge is 0.328 e. The molecule has 1 amide bonds. The van der Waals surface area contributed by atoms with E-state index in [1.807, 2.05) is 6.92 Å². The van der Waals surface area contributed by atoms with E-state index in [0.29, 0.717) is 6.54 Å². The van der Waals surface area contributed by atoms with Gasteiger partial charge in [-0.05, 0) is 32.2 Å². The van der Waals surface area contributed by atoms with E-state index in [1.165, 1.54) is 7.11 Å². The second-order valence-corrected chi connectivity index (χ2v) is 5.26. The Bertz CT molecular complexity index is 332. The van der Waals surface area contributed by atoms with Gasteiger partial charge in [0.25, 0.3) is 0 Å². The summed E-state index contributed by atoms with van der Waals surface area (Å²) in [5.41, 5.74) is 0. The molecule has 5 nitrogen and oxygen atoms in total. The summed E-state index contributed by atoms with van der Waals surface area (Å²) >= 11 is 0. The van der Waals surface area contributed by atoms with Crippen LogP contribution < -0.4 is 5.32 Å². The van der Waals surface area contributed by atoms with Crippen molar-refractivity contribution in [2.75, 3.05) is 20.2 Å². The second-order valence-electron chi connectivity index (χ2n) is 5.26. The van der Waals surface area contributed by atoms with Crippen molar-refractivity contribution >= 4 is 11.9 Å². The second kappa shape index (κ2) is 5.69. The van der Waals surface area contributed by atoms with Crippen molar-refractivity contribution in [3.8, 4) is 0 Å². The van der Waals surface area contributed by atoms with Crippen LogP contribution in [0.4, 0.5) is 0 Å². The van der Waals surface area contributed by atoms with Gasteiger partial charge in [0, 0.05) is 18.5 Å².